The van der Waals surface area contributed by atoms with Crippen molar-refractivity contribution < 1.29 is 4.74 Å². The lowest BCUT2D eigenvalue weighted by Crippen LogP contribution is -2.11. The molecule has 4 heteroatoms. The van der Waals surface area contributed by atoms with Gasteiger partial charge in [-0.25, -0.2) is 0 Å². The molecule has 3 N–H and O–H groups in total. The van der Waals surface area contributed by atoms with Crippen LogP contribution in [0.4, 0.5) is 0 Å². The Hall–Kier alpha value is -1.84. The summed E-state index contributed by atoms with van der Waals surface area (Å²) < 4.78 is 5.70. The third-order valence-electron chi connectivity index (χ3n) is 3.13. The molecule has 0 amide bonds. The number of hydrogen-bond acceptors (Lipinski definition) is 2. The number of halogens is 1. The monoisotopic (exact) mass is 288 g/mol. The molecule has 2 rings (SSSR count). The van der Waals surface area contributed by atoms with Gasteiger partial charge in [0.15, 0.2) is 0 Å². The number of nitrogen functional groups attached to an aromatic ring is 1. The molecule has 0 radical (unpaired) electrons. The van der Waals surface area contributed by atoms with Gasteiger partial charge in [0.25, 0.3) is 0 Å². The smallest absolute Gasteiger partial charge is 0.122 e. The Morgan fingerprint density at radius 2 is 1.85 bits per heavy atom. The van der Waals surface area contributed by atoms with Crippen LogP contribution in [0.25, 0.3) is 0 Å². The van der Waals surface area contributed by atoms with E-state index >= 15 is 0 Å². The normalized spacial score (nSPS) is 10.5. The van der Waals surface area contributed by atoms with Gasteiger partial charge in [0.05, 0.1) is 13.2 Å². The first-order valence-corrected chi connectivity index (χ1v) is 6.71. The number of nitrogens with two attached hydrogens (primary N) is 1. The number of amidine groups is 1. The maximum absolute atomic E-state index is 7.41. The average molecular weight is 289 g/mol. The Balaban J connectivity index is 1.98. The van der Waals surface area contributed by atoms with Crippen LogP contribution in [0.15, 0.2) is 42.5 Å². The second kappa shape index (κ2) is 6.55. The van der Waals surface area contributed by atoms with E-state index in [2.05, 4.69) is 0 Å². The van der Waals surface area contributed by atoms with Crippen molar-refractivity contribution in [2.24, 2.45) is 5.73 Å². The van der Waals surface area contributed by atoms with Crippen molar-refractivity contribution in [2.75, 3.05) is 0 Å². The summed E-state index contributed by atoms with van der Waals surface area (Å²) in [6, 6.07) is 13.3. The summed E-state index contributed by atoms with van der Waals surface area (Å²) in [5.74, 6) is 0.0802. The van der Waals surface area contributed by atoms with E-state index in [0.717, 1.165) is 27.3 Å². The van der Waals surface area contributed by atoms with Crippen LogP contribution >= 0.6 is 11.6 Å². The lowest BCUT2D eigenvalue weighted by molar-refractivity contribution is 0.107. The second-order valence-corrected chi connectivity index (χ2v) is 5.05. The summed E-state index contributed by atoms with van der Waals surface area (Å²) in [4.78, 5) is 0. The topological polar surface area (TPSA) is 59.1 Å². The largest absolute Gasteiger partial charge is 0.384 e. The standard InChI is InChI=1S/C16H17ClN2O/c1-11-8-12(16(18)19)6-7-13(11)9-20-10-14-4-2-3-5-15(14)17/h2-8H,9-10H2,1H3,(H3,18,19). The van der Waals surface area contributed by atoms with E-state index in [4.69, 9.17) is 27.5 Å². The predicted octanol–water partition coefficient (Wildman–Crippen LogP) is 3.65. The fraction of sp³-hybridized carbons (Fsp3) is 0.188. The van der Waals surface area contributed by atoms with E-state index in [1.54, 1.807) is 0 Å². The zero-order chi connectivity index (χ0) is 14.5. The maximum Gasteiger partial charge on any atom is 0.122 e. The van der Waals surface area contributed by atoms with Gasteiger partial charge in [0, 0.05) is 10.6 Å². The summed E-state index contributed by atoms with van der Waals surface area (Å²) in [6.45, 7) is 2.98. The number of nitrogens with one attached hydrogen (secondary N) is 1. The Morgan fingerprint density at radius 3 is 2.50 bits per heavy atom. The van der Waals surface area contributed by atoms with E-state index in [-0.39, 0.29) is 5.84 Å². The number of hydrogen-bond donors (Lipinski definition) is 2. The third-order valence-corrected chi connectivity index (χ3v) is 3.50. The van der Waals surface area contributed by atoms with Crippen molar-refractivity contribution in [1.29, 1.82) is 5.41 Å². The van der Waals surface area contributed by atoms with Crippen LogP contribution < -0.4 is 5.73 Å². The molecule has 0 fully saturated rings. The summed E-state index contributed by atoms with van der Waals surface area (Å²) >= 11 is 6.08. The fourth-order valence-electron chi connectivity index (χ4n) is 1.91. The molecular formula is C16H17ClN2O. The Morgan fingerprint density at radius 1 is 1.15 bits per heavy atom. The van der Waals surface area contributed by atoms with Crippen molar-refractivity contribution >= 4 is 17.4 Å². The second-order valence-electron chi connectivity index (χ2n) is 4.64. The third kappa shape index (κ3) is 3.59. The first kappa shape index (κ1) is 14.6. The lowest BCUT2D eigenvalue weighted by atomic mass is 10.1. The van der Waals surface area contributed by atoms with Crippen molar-refractivity contribution in [2.45, 2.75) is 20.1 Å². The molecule has 0 atom stereocenters. The number of ether oxygens (including phenoxy) is 1. The molecule has 0 spiro atoms. The highest BCUT2D eigenvalue weighted by Gasteiger charge is 2.04. The SMILES string of the molecule is Cc1cc(C(=N)N)ccc1COCc1ccccc1Cl. The zero-order valence-corrected chi connectivity index (χ0v) is 12.1. The van der Waals surface area contributed by atoms with Gasteiger partial charge in [0.2, 0.25) is 0 Å². The molecule has 0 aliphatic carbocycles. The van der Waals surface area contributed by atoms with Crippen LogP contribution in [-0.4, -0.2) is 5.84 Å². The van der Waals surface area contributed by atoms with Crippen LogP contribution in [0.5, 0.6) is 0 Å². The highest BCUT2D eigenvalue weighted by molar-refractivity contribution is 6.31. The predicted molar refractivity (Wildman–Crippen MR) is 82.1 cm³/mol. The molecule has 2 aromatic rings. The van der Waals surface area contributed by atoms with E-state index < -0.39 is 0 Å². The molecule has 0 aromatic heterocycles. The lowest BCUT2D eigenvalue weighted by Gasteiger charge is -2.10. The van der Waals surface area contributed by atoms with Gasteiger partial charge in [0.1, 0.15) is 5.84 Å². The Kier molecular flexibility index (Phi) is 4.77. The average Bonchev–Trinajstić information content (AvgIpc) is 2.42. The molecular weight excluding hydrogens is 272 g/mol. The summed E-state index contributed by atoms with van der Waals surface area (Å²) in [5, 5.41) is 8.13. The minimum Gasteiger partial charge on any atom is -0.384 e. The molecule has 0 heterocycles. The number of benzene rings is 2. The molecule has 0 aliphatic heterocycles. The van der Waals surface area contributed by atoms with Gasteiger partial charge < -0.3 is 10.5 Å². The molecule has 20 heavy (non-hydrogen) atoms. The van der Waals surface area contributed by atoms with Gasteiger partial charge in [-0.2, -0.15) is 0 Å². The van der Waals surface area contributed by atoms with Crippen LogP contribution in [0.2, 0.25) is 5.02 Å². The van der Waals surface area contributed by atoms with Gasteiger partial charge in [-0.15, -0.1) is 0 Å². The summed E-state index contributed by atoms with van der Waals surface area (Å²) in [6.07, 6.45) is 0. The van der Waals surface area contributed by atoms with Crippen molar-refractivity contribution in [3.63, 3.8) is 0 Å². The quantitative estimate of drug-likeness (QED) is 0.652. The van der Waals surface area contributed by atoms with Crippen molar-refractivity contribution in [3.05, 3.63) is 69.7 Å². The molecule has 0 aliphatic rings. The molecule has 2 aromatic carbocycles. The van der Waals surface area contributed by atoms with E-state index in [9.17, 15) is 0 Å². The molecule has 0 bridgehead atoms. The first-order valence-electron chi connectivity index (χ1n) is 6.33. The van der Waals surface area contributed by atoms with E-state index in [0.29, 0.717) is 13.2 Å². The van der Waals surface area contributed by atoms with Gasteiger partial charge in [-0.3, -0.25) is 5.41 Å². The Labute approximate surface area is 123 Å². The zero-order valence-electron chi connectivity index (χ0n) is 11.3. The van der Waals surface area contributed by atoms with Crippen LogP contribution in [0.3, 0.4) is 0 Å². The van der Waals surface area contributed by atoms with Gasteiger partial charge in [-0.1, -0.05) is 41.9 Å². The van der Waals surface area contributed by atoms with E-state index in [1.807, 2.05) is 49.4 Å². The number of rotatable bonds is 5. The van der Waals surface area contributed by atoms with Gasteiger partial charge in [-0.05, 0) is 35.7 Å². The van der Waals surface area contributed by atoms with Crippen LogP contribution in [0, 0.1) is 12.3 Å². The molecule has 104 valence electrons. The van der Waals surface area contributed by atoms with Crippen LogP contribution in [-0.2, 0) is 18.0 Å². The Bertz CT molecular complexity index is 626. The molecule has 3 nitrogen and oxygen atoms in total. The minimum absolute atomic E-state index is 0.0802. The van der Waals surface area contributed by atoms with Crippen LogP contribution in [0.1, 0.15) is 22.3 Å². The van der Waals surface area contributed by atoms with Crippen molar-refractivity contribution in [1.82, 2.24) is 0 Å². The summed E-state index contributed by atoms with van der Waals surface area (Å²) in [5.41, 5.74) is 9.33. The first-order chi connectivity index (χ1) is 9.58. The van der Waals surface area contributed by atoms with E-state index in [1.165, 1.54) is 0 Å². The summed E-state index contributed by atoms with van der Waals surface area (Å²) in [7, 11) is 0. The fourth-order valence-corrected chi connectivity index (χ4v) is 2.10. The highest BCUT2D eigenvalue weighted by Crippen LogP contribution is 2.17. The van der Waals surface area contributed by atoms with Gasteiger partial charge >= 0.3 is 0 Å². The maximum atomic E-state index is 7.41. The molecule has 0 unspecified atom stereocenters. The van der Waals surface area contributed by atoms with Crippen molar-refractivity contribution in [3.8, 4) is 0 Å². The molecule has 0 saturated heterocycles. The minimum atomic E-state index is 0.0802. The molecule has 0 saturated carbocycles. The number of aryl methyl sites for hydroxylation is 1. The highest BCUT2D eigenvalue weighted by atomic mass is 35.5.